The number of hydrogen-bond donors (Lipinski definition) is 0. The second-order valence-electron chi connectivity index (χ2n) is 18.7. The Morgan fingerprint density at radius 3 is 1.10 bits per heavy atom. The van der Waals surface area contributed by atoms with Crippen molar-refractivity contribution in [2.75, 3.05) is 0 Å². The predicted octanol–water partition coefficient (Wildman–Crippen LogP) is 17.9. The largest absolute Gasteiger partial charge is 0.309 e. The molecule has 0 aliphatic heterocycles. The van der Waals surface area contributed by atoms with Crippen LogP contribution in [0, 0.1) is 23.7 Å². The first-order valence-electron chi connectivity index (χ1n) is 22.7. The maximum atomic E-state index is 3.77. The summed E-state index contributed by atoms with van der Waals surface area (Å²) in [5, 5.41) is 5.24. The Morgan fingerprint density at radius 1 is 0.383 bits per heavy atom. The molecule has 0 amide bonds. The molecule has 0 spiro atoms. The van der Waals surface area contributed by atoms with Crippen LogP contribution >= 0.6 is 31.9 Å². The number of nitrogens with zero attached hydrogens (tertiary/aromatic N) is 2. The second kappa shape index (κ2) is 18.9. The van der Waals surface area contributed by atoms with Crippen molar-refractivity contribution < 1.29 is 0 Å². The molecule has 0 radical (unpaired) electrons. The Kier molecular flexibility index (Phi) is 13.4. The quantitative estimate of drug-likeness (QED) is 0.0861. The smallest absolute Gasteiger partial charge is 0.0541 e. The SMILES string of the molecule is CC(C)CCCC(C)CCc1ccc2c(c1)c1cc(Br)ccc1n2-c1ccc(-c2ccc(-n3c4ccc(Br)cc4c4cc(CCC(C)CCCC(C)C)ccc43)cc2)cc1. The highest BCUT2D eigenvalue weighted by molar-refractivity contribution is 9.10. The topological polar surface area (TPSA) is 9.86 Å². The molecule has 0 fully saturated rings. The first-order valence-corrected chi connectivity index (χ1v) is 24.3. The van der Waals surface area contributed by atoms with Crippen molar-refractivity contribution in [3.8, 4) is 22.5 Å². The molecule has 0 N–H and O–H groups in total. The van der Waals surface area contributed by atoms with Gasteiger partial charge in [0.05, 0.1) is 22.1 Å². The van der Waals surface area contributed by atoms with Gasteiger partial charge in [0.2, 0.25) is 0 Å². The van der Waals surface area contributed by atoms with Crippen molar-refractivity contribution in [3.05, 3.63) is 141 Å². The summed E-state index contributed by atoms with van der Waals surface area (Å²) in [5.74, 6) is 3.09. The van der Waals surface area contributed by atoms with E-state index >= 15 is 0 Å². The summed E-state index contributed by atoms with van der Waals surface area (Å²) in [4.78, 5) is 0. The highest BCUT2D eigenvalue weighted by Gasteiger charge is 2.17. The van der Waals surface area contributed by atoms with Crippen molar-refractivity contribution in [1.29, 1.82) is 0 Å². The van der Waals surface area contributed by atoms with Gasteiger partial charge in [-0.25, -0.2) is 0 Å². The predicted molar refractivity (Wildman–Crippen MR) is 268 cm³/mol. The number of halogens is 2. The summed E-state index contributed by atoms with van der Waals surface area (Å²) in [6.07, 6.45) is 12.7. The Morgan fingerprint density at radius 2 is 0.733 bits per heavy atom. The minimum absolute atomic E-state index is 0.752. The van der Waals surface area contributed by atoms with Crippen LogP contribution in [-0.4, -0.2) is 9.13 Å². The van der Waals surface area contributed by atoms with Gasteiger partial charge in [-0.3, -0.25) is 0 Å². The van der Waals surface area contributed by atoms with Gasteiger partial charge in [-0.05, 0) is 157 Å². The zero-order valence-corrected chi connectivity index (χ0v) is 39.7. The molecule has 0 aliphatic carbocycles. The van der Waals surface area contributed by atoms with Crippen LogP contribution in [0.5, 0.6) is 0 Å². The fraction of sp³-hybridized carbons (Fsp3) is 0.357. The Balaban J connectivity index is 1.03. The Labute approximate surface area is 375 Å². The summed E-state index contributed by atoms with van der Waals surface area (Å²) in [7, 11) is 0. The van der Waals surface area contributed by atoms with Gasteiger partial charge in [-0.15, -0.1) is 0 Å². The van der Waals surface area contributed by atoms with Crippen molar-refractivity contribution in [2.45, 2.75) is 106 Å². The standard InChI is InChI=1S/C56H62Br2N2/c1-37(2)9-7-11-39(5)13-15-41-17-29-53-49(33-41)51-35-45(57)23-31-55(51)59(53)47-25-19-43(20-26-47)44-21-27-48(28-22-44)60-54-30-18-42(16-14-40(6)12-8-10-38(3)4)34-50(54)52-36-46(58)24-32-56(52)60/h17-40H,7-16H2,1-6H3. The van der Waals surface area contributed by atoms with Gasteiger partial charge in [0.1, 0.15) is 0 Å². The maximum absolute atomic E-state index is 3.77. The molecule has 4 heteroatoms. The van der Waals surface area contributed by atoms with Crippen LogP contribution in [0.25, 0.3) is 66.1 Å². The molecule has 2 nitrogen and oxygen atoms in total. The van der Waals surface area contributed by atoms with E-state index < -0.39 is 0 Å². The molecule has 8 rings (SSSR count). The summed E-state index contributed by atoms with van der Waals surface area (Å²) < 4.78 is 7.10. The van der Waals surface area contributed by atoms with Crippen LogP contribution in [0.15, 0.2) is 130 Å². The van der Waals surface area contributed by atoms with Crippen LogP contribution in [0.1, 0.15) is 104 Å². The lowest BCUT2D eigenvalue weighted by atomic mass is 9.94. The Bertz CT molecular complexity index is 2520. The zero-order chi connectivity index (χ0) is 41.9. The number of benzene rings is 6. The first-order chi connectivity index (χ1) is 29.0. The lowest BCUT2D eigenvalue weighted by Gasteiger charge is -2.13. The molecule has 2 heterocycles. The van der Waals surface area contributed by atoms with Crippen LogP contribution in [0.2, 0.25) is 0 Å². The summed E-state index contributed by atoms with van der Waals surface area (Å²) in [5.41, 5.74) is 12.6. The molecule has 2 unspecified atom stereocenters. The average molecular weight is 923 g/mol. The van der Waals surface area contributed by atoms with Gasteiger partial charge in [0.25, 0.3) is 0 Å². The van der Waals surface area contributed by atoms with E-state index in [1.54, 1.807) is 0 Å². The van der Waals surface area contributed by atoms with E-state index in [1.807, 2.05) is 0 Å². The van der Waals surface area contributed by atoms with Crippen molar-refractivity contribution in [3.63, 3.8) is 0 Å². The van der Waals surface area contributed by atoms with Crippen LogP contribution in [-0.2, 0) is 12.8 Å². The molecular weight excluding hydrogens is 860 g/mol. The van der Waals surface area contributed by atoms with Crippen molar-refractivity contribution >= 4 is 75.5 Å². The third-order valence-electron chi connectivity index (χ3n) is 13.0. The lowest BCUT2D eigenvalue weighted by Crippen LogP contribution is -1.99. The van der Waals surface area contributed by atoms with Gasteiger partial charge in [-0.2, -0.15) is 0 Å². The highest BCUT2D eigenvalue weighted by atomic mass is 79.9. The van der Waals surface area contributed by atoms with E-state index in [4.69, 9.17) is 0 Å². The molecule has 6 aromatic carbocycles. The molecule has 2 aromatic heterocycles. The number of rotatable bonds is 17. The molecule has 0 aliphatic rings. The summed E-state index contributed by atoms with van der Waals surface area (Å²) >= 11 is 7.55. The lowest BCUT2D eigenvalue weighted by molar-refractivity contribution is 0.437. The van der Waals surface area contributed by atoms with E-state index in [0.29, 0.717) is 0 Å². The number of aryl methyl sites for hydroxylation is 2. The monoisotopic (exact) mass is 920 g/mol. The molecule has 310 valence electrons. The average Bonchev–Trinajstić information content (AvgIpc) is 3.73. The molecule has 0 saturated heterocycles. The van der Waals surface area contributed by atoms with Crippen LogP contribution < -0.4 is 0 Å². The molecule has 2 atom stereocenters. The molecule has 0 bridgehead atoms. The van der Waals surface area contributed by atoms with E-state index in [2.05, 4.69) is 204 Å². The molecular formula is C56H62Br2N2. The third kappa shape index (κ3) is 9.51. The third-order valence-corrected chi connectivity index (χ3v) is 14.0. The van der Waals surface area contributed by atoms with Gasteiger partial charge in [-0.1, -0.05) is 148 Å². The van der Waals surface area contributed by atoms with Crippen LogP contribution in [0.3, 0.4) is 0 Å². The molecule has 0 saturated carbocycles. The van der Waals surface area contributed by atoms with Gasteiger partial charge < -0.3 is 9.13 Å². The normalized spacial score (nSPS) is 13.2. The summed E-state index contributed by atoms with van der Waals surface area (Å²) in [6.45, 7) is 14.2. The minimum atomic E-state index is 0.752. The van der Waals surface area contributed by atoms with E-state index in [0.717, 1.165) is 45.5 Å². The van der Waals surface area contributed by atoms with Crippen molar-refractivity contribution in [1.82, 2.24) is 9.13 Å². The van der Waals surface area contributed by atoms with Gasteiger partial charge in [0.15, 0.2) is 0 Å². The maximum Gasteiger partial charge on any atom is 0.0541 e. The molecule has 60 heavy (non-hydrogen) atoms. The zero-order valence-electron chi connectivity index (χ0n) is 36.6. The summed E-state index contributed by atoms with van der Waals surface area (Å²) in [6, 6.07) is 46.0. The van der Waals surface area contributed by atoms with Gasteiger partial charge in [0, 0.05) is 41.9 Å². The van der Waals surface area contributed by atoms with Crippen LogP contribution in [0.4, 0.5) is 0 Å². The molecule has 8 aromatic rings. The highest BCUT2D eigenvalue weighted by Crippen LogP contribution is 2.38. The second-order valence-corrected chi connectivity index (χ2v) is 20.6. The first kappa shape index (κ1) is 42.6. The van der Waals surface area contributed by atoms with E-state index in [9.17, 15) is 0 Å². The number of fused-ring (bicyclic) bond motifs is 6. The van der Waals surface area contributed by atoms with Crippen molar-refractivity contribution in [2.24, 2.45) is 23.7 Å². The van der Waals surface area contributed by atoms with E-state index in [1.165, 1.54) is 129 Å². The minimum Gasteiger partial charge on any atom is -0.309 e. The fourth-order valence-corrected chi connectivity index (χ4v) is 10.1. The number of aromatic nitrogens is 2. The fourth-order valence-electron chi connectivity index (χ4n) is 9.42. The van der Waals surface area contributed by atoms with Gasteiger partial charge >= 0.3 is 0 Å². The Hall–Kier alpha value is -4.12. The van der Waals surface area contributed by atoms with E-state index in [-0.39, 0.29) is 0 Å². The number of hydrogen-bond acceptors (Lipinski definition) is 0.